The van der Waals surface area contributed by atoms with E-state index in [1.54, 1.807) is 6.07 Å². The van der Waals surface area contributed by atoms with Crippen molar-refractivity contribution in [1.29, 1.82) is 0 Å². The first kappa shape index (κ1) is 15.9. The van der Waals surface area contributed by atoms with E-state index in [9.17, 15) is 9.35 Å². The molecule has 0 aliphatic carbocycles. The van der Waals surface area contributed by atoms with Crippen LogP contribution in [0.2, 0.25) is 0 Å². The highest BCUT2D eigenvalue weighted by Crippen LogP contribution is 2.36. The van der Waals surface area contributed by atoms with Gasteiger partial charge in [0.05, 0.1) is 0 Å². The van der Waals surface area contributed by atoms with Gasteiger partial charge in [-0.3, -0.25) is 4.79 Å². The topological polar surface area (TPSA) is 70.6 Å². The summed E-state index contributed by atoms with van der Waals surface area (Å²) in [5, 5.41) is 0. The molecule has 1 heterocycles. The Hall–Kier alpha value is -1.50. The third-order valence-electron chi connectivity index (χ3n) is 2.89. The van der Waals surface area contributed by atoms with Crippen LogP contribution in [0.25, 0.3) is 5.57 Å². The minimum Gasteiger partial charge on any atom is -0.598 e. The summed E-state index contributed by atoms with van der Waals surface area (Å²) in [5.41, 5.74) is 1.44. The zero-order chi connectivity index (χ0) is 15.6. The van der Waals surface area contributed by atoms with Crippen molar-refractivity contribution in [2.75, 3.05) is 6.54 Å². The van der Waals surface area contributed by atoms with Crippen LogP contribution in [0.1, 0.15) is 26.3 Å². The fourth-order valence-electron chi connectivity index (χ4n) is 1.75. The number of hydrogen-bond donors (Lipinski definition) is 1. The van der Waals surface area contributed by atoms with E-state index in [0.717, 1.165) is 5.56 Å². The fourth-order valence-corrected chi connectivity index (χ4v) is 2.43. The van der Waals surface area contributed by atoms with E-state index in [-0.39, 0.29) is 6.54 Å². The molecule has 1 aliphatic heterocycles. The molecule has 0 bridgehead atoms. The predicted molar refractivity (Wildman–Crippen MR) is 81.9 cm³/mol. The summed E-state index contributed by atoms with van der Waals surface area (Å²) in [5.74, 6) is 0.109. The fraction of sp³-hybridized carbons (Fsp3) is 0.400. The number of esters is 1. The molecule has 0 saturated carbocycles. The van der Waals surface area contributed by atoms with Crippen molar-refractivity contribution in [3.05, 3.63) is 36.4 Å². The minimum absolute atomic E-state index is 0.145. The Balaban J connectivity index is 1.87. The Labute approximate surface area is 127 Å². The lowest BCUT2D eigenvalue weighted by molar-refractivity contribution is -0.154. The van der Waals surface area contributed by atoms with Crippen LogP contribution >= 0.6 is 0 Å². The molecule has 1 aliphatic rings. The highest BCUT2D eigenvalue weighted by molar-refractivity contribution is 7.90. The van der Waals surface area contributed by atoms with Gasteiger partial charge in [0.1, 0.15) is 17.0 Å². The van der Waals surface area contributed by atoms with Crippen LogP contribution in [-0.4, -0.2) is 28.1 Å². The molecule has 0 spiro atoms. The molecule has 114 valence electrons. The van der Waals surface area contributed by atoms with E-state index in [0.29, 0.717) is 11.3 Å². The molecule has 1 aromatic carbocycles. The van der Waals surface area contributed by atoms with Gasteiger partial charge in [-0.05, 0) is 26.8 Å². The minimum atomic E-state index is -1.32. The molecule has 1 N–H and O–H groups in total. The van der Waals surface area contributed by atoms with Gasteiger partial charge in [-0.2, -0.15) is 0 Å². The molecule has 21 heavy (non-hydrogen) atoms. The number of benzene rings is 1. The first-order valence-corrected chi connectivity index (χ1v) is 7.74. The lowest BCUT2D eigenvalue weighted by Gasteiger charge is -2.23. The Morgan fingerprint density at radius 2 is 2.14 bits per heavy atom. The van der Waals surface area contributed by atoms with Crippen molar-refractivity contribution in [2.24, 2.45) is 0 Å². The van der Waals surface area contributed by atoms with E-state index in [2.05, 4.69) is 11.3 Å². The second-order valence-corrected chi connectivity index (χ2v) is 7.71. The molecule has 0 amide bonds. The van der Waals surface area contributed by atoms with E-state index in [4.69, 9.17) is 9.47 Å². The van der Waals surface area contributed by atoms with Gasteiger partial charge in [-0.15, -0.1) is 4.72 Å². The van der Waals surface area contributed by atoms with Gasteiger partial charge >= 0.3 is 5.97 Å². The average molecular weight is 309 g/mol. The van der Waals surface area contributed by atoms with E-state index >= 15 is 0 Å². The molecule has 6 heteroatoms. The lowest BCUT2D eigenvalue weighted by atomic mass is 10.1. The number of carbonyl (C=O) groups is 1. The van der Waals surface area contributed by atoms with Crippen LogP contribution < -0.4 is 9.46 Å². The smallest absolute Gasteiger partial charge is 0.327 e. The van der Waals surface area contributed by atoms with Crippen molar-refractivity contribution in [3.8, 4) is 5.75 Å². The van der Waals surface area contributed by atoms with E-state index in [1.807, 2.05) is 39.0 Å². The summed E-state index contributed by atoms with van der Waals surface area (Å²) in [7, 11) is 0. The van der Waals surface area contributed by atoms with Gasteiger partial charge in [0.2, 0.25) is 0 Å². The molecule has 1 unspecified atom stereocenters. The molecular weight excluding hydrogens is 290 g/mol. The van der Waals surface area contributed by atoms with Gasteiger partial charge in [0, 0.05) is 22.5 Å². The summed E-state index contributed by atoms with van der Waals surface area (Å²) < 4.78 is 24.7. The quantitative estimate of drug-likeness (QED) is 0.680. The SMILES string of the molecule is C=C1c2ccccc2OC1OC(=O)CN[S@@+]([O-])C(C)(C)C. The zero-order valence-corrected chi connectivity index (χ0v) is 13.2. The molecule has 1 aromatic rings. The summed E-state index contributed by atoms with van der Waals surface area (Å²) in [6.07, 6.45) is -0.820. The monoisotopic (exact) mass is 309 g/mol. The van der Waals surface area contributed by atoms with Crippen molar-refractivity contribution >= 4 is 22.9 Å². The van der Waals surface area contributed by atoms with Gasteiger partial charge < -0.3 is 14.0 Å². The third-order valence-corrected chi connectivity index (χ3v) is 4.41. The van der Waals surface area contributed by atoms with E-state index < -0.39 is 28.4 Å². The highest BCUT2D eigenvalue weighted by Gasteiger charge is 2.31. The molecule has 5 nitrogen and oxygen atoms in total. The third kappa shape index (κ3) is 3.78. The number of para-hydroxylation sites is 1. The maximum absolute atomic E-state index is 11.8. The van der Waals surface area contributed by atoms with Crippen molar-refractivity contribution in [3.63, 3.8) is 0 Å². The van der Waals surface area contributed by atoms with Gasteiger partial charge in [-0.1, -0.05) is 24.8 Å². The molecule has 0 fully saturated rings. The zero-order valence-electron chi connectivity index (χ0n) is 12.3. The number of fused-ring (bicyclic) bond motifs is 1. The summed E-state index contributed by atoms with van der Waals surface area (Å²) in [6, 6.07) is 7.36. The molecule has 0 saturated heterocycles. The number of hydrogen-bond acceptors (Lipinski definition) is 5. The van der Waals surface area contributed by atoms with E-state index in [1.165, 1.54) is 0 Å². The second-order valence-electron chi connectivity index (χ2n) is 5.66. The van der Waals surface area contributed by atoms with Gasteiger partial charge in [-0.25, -0.2) is 0 Å². The maximum Gasteiger partial charge on any atom is 0.327 e. The molecular formula is C15H19NO4S. The number of ether oxygens (including phenoxy) is 2. The first-order valence-electron chi connectivity index (χ1n) is 6.59. The average Bonchev–Trinajstić information content (AvgIpc) is 2.72. The Morgan fingerprint density at radius 3 is 2.76 bits per heavy atom. The lowest BCUT2D eigenvalue weighted by Crippen LogP contribution is -2.42. The van der Waals surface area contributed by atoms with Crippen LogP contribution in [0, 0.1) is 0 Å². The van der Waals surface area contributed by atoms with Crippen molar-refractivity contribution < 1.29 is 18.8 Å². The summed E-state index contributed by atoms with van der Waals surface area (Å²) >= 11 is -1.32. The maximum atomic E-state index is 11.8. The normalized spacial score (nSPS) is 18.9. The largest absolute Gasteiger partial charge is 0.598 e. The molecule has 2 atom stereocenters. The number of carbonyl (C=O) groups excluding carboxylic acids is 1. The van der Waals surface area contributed by atoms with Crippen LogP contribution in [0.5, 0.6) is 5.75 Å². The van der Waals surface area contributed by atoms with Gasteiger partial charge in [0.15, 0.2) is 0 Å². The summed E-state index contributed by atoms with van der Waals surface area (Å²) in [4.78, 5) is 11.8. The Morgan fingerprint density at radius 1 is 1.48 bits per heavy atom. The Bertz CT molecular complexity index is 553. The van der Waals surface area contributed by atoms with Crippen molar-refractivity contribution in [2.45, 2.75) is 31.8 Å². The van der Waals surface area contributed by atoms with Crippen LogP contribution in [0.15, 0.2) is 30.8 Å². The van der Waals surface area contributed by atoms with Crippen LogP contribution in [0.3, 0.4) is 0 Å². The highest BCUT2D eigenvalue weighted by atomic mass is 32.2. The molecule has 0 aromatic heterocycles. The second kappa shape index (κ2) is 6.09. The molecule has 0 radical (unpaired) electrons. The summed E-state index contributed by atoms with van der Waals surface area (Å²) in [6.45, 7) is 9.19. The number of rotatable bonds is 4. The Kier molecular flexibility index (Phi) is 4.61. The standard InChI is InChI=1S/C15H19NO4S/c1-10-11-7-5-6-8-12(11)19-14(10)20-13(17)9-16-21(18)15(2,3)4/h5-8,14,16H,1,9H2,2-4H3/t14?,21-/m0/s1. The first-order chi connectivity index (χ1) is 9.79. The van der Waals surface area contributed by atoms with Crippen LogP contribution in [0.4, 0.5) is 0 Å². The van der Waals surface area contributed by atoms with Gasteiger partial charge in [0.25, 0.3) is 6.29 Å². The van der Waals surface area contributed by atoms with Crippen molar-refractivity contribution in [1.82, 2.24) is 4.72 Å². The predicted octanol–water partition coefficient (Wildman–Crippen LogP) is 2.01. The number of nitrogens with one attached hydrogen (secondary N) is 1. The van der Waals surface area contributed by atoms with Crippen LogP contribution in [-0.2, 0) is 20.9 Å². The molecule has 2 rings (SSSR count).